The molecule has 0 saturated heterocycles. The number of aromatic nitrogens is 2. The summed E-state index contributed by atoms with van der Waals surface area (Å²) in [6, 6.07) is 0. The molecule has 1 aromatic heterocycles. The van der Waals surface area contributed by atoms with Crippen molar-refractivity contribution in [1.29, 1.82) is 0 Å². The first-order chi connectivity index (χ1) is 14.5. The number of aryl methyl sites for hydroxylation is 2. The van der Waals surface area contributed by atoms with Gasteiger partial charge in [-0.05, 0) is 65.7 Å². The van der Waals surface area contributed by atoms with E-state index >= 15 is 0 Å². The van der Waals surface area contributed by atoms with Crippen LogP contribution in [-0.2, 0) is 14.3 Å². The fourth-order valence-electron chi connectivity index (χ4n) is 3.84. The van der Waals surface area contributed by atoms with Gasteiger partial charge in [0.25, 0.3) is 5.88 Å². The van der Waals surface area contributed by atoms with Crippen molar-refractivity contribution >= 4 is 17.9 Å². The second-order valence-electron chi connectivity index (χ2n) is 9.01. The Morgan fingerprint density at radius 2 is 1.94 bits per heavy atom. The number of rotatable bonds is 9. The Hall–Kier alpha value is -2.62. The van der Waals surface area contributed by atoms with Crippen LogP contribution in [0, 0.1) is 41.2 Å². The smallest absolute Gasteiger partial charge is 0.351 e. The van der Waals surface area contributed by atoms with Crippen molar-refractivity contribution in [2.75, 3.05) is 6.61 Å². The zero-order valence-corrected chi connectivity index (χ0v) is 18.7. The monoisotopic (exact) mass is 437 g/mol. The zero-order chi connectivity index (χ0) is 23.3. The van der Waals surface area contributed by atoms with E-state index in [9.17, 15) is 24.8 Å². The highest BCUT2D eigenvalue weighted by atomic mass is 16.6. The number of aliphatic hydroxyl groups is 1. The van der Waals surface area contributed by atoms with Crippen LogP contribution in [0.2, 0.25) is 0 Å². The van der Waals surface area contributed by atoms with Crippen LogP contribution in [0.1, 0.15) is 58.0 Å². The van der Waals surface area contributed by atoms with Gasteiger partial charge in [-0.25, -0.2) is 4.98 Å². The van der Waals surface area contributed by atoms with E-state index in [2.05, 4.69) is 9.97 Å². The van der Waals surface area contributed by atoms with E-state index in [1.165, 1.54) is 6.92 Å². The summed E-state index contributed by atoms with van der Waals surface area (Å²) in [7, 11) is 0. The molecular weight excluding hydrogens is 406 g/mol. The molecule has 1 aromatic rings. The molecule has 0 radical (unpaired) electrons. The Balaban J connectivity index is 2.18. The molecule has 0 aliphatic heterocycles. The first kappa shape index (κ1) is 24.6. The van der Waals surface area contributed by atoms with Crippen molar-refractivity contribution in [3.8, 4) is 5.88 Å². The second kappa shape index (κ2) is 10.1. The first-order valence-electron chi connectivity index (χ1n) is 10.4. The lowest BCUT2D eigenvalue weighted by atomic mass is 9.97. The van der Waals surface area contributed by atoms with Gasteiger partial charge in [-0.1, -0.05) is 0 Å². The Labute approximate surface area is 181 Å². The average molecular weight is 437 g/mol. The van der Waals surface area contributed by atoms with Crippen molar-refractivity contribution in [1.82, 2.24) is 9.97 Å². The third-order valence-electron chi connectivity index (χ3n) is 5.45. The molecule has 172 valence electrons. The number of hydrogen-bond donors (Lipinski definition) is 1. The number of nitro groups is 1. The third-order valence-corrected chi connectivity index (χ3v) is 5.45. The van der Waals surface area contributed by atoms with Crippen LogP contribution in [-0.4, -0.2) is 51.1 Å². The predicted octanol–water partition coefficient (Wildman–Crippen LogP) is 2.70. The van der Waals surface area contributed by atoms with Gasteiger partial charge in [-0.15, -0.1) is 0 Å². The van der Waals surface area contributed by atoms with Gasteiger partial charge < -0.3 is 19.4 Å². The molecule has 1 aliphatic carbocycles. The van der Waals surface area contributed by atoms with Crippen LogP contribution in [0.5, 0.6) is 5.88 Å². The van der Waals surface area contributed by atoms with Crippen LogP contribution in [0.25, 0.3) is 0 Å². The number of esters is 1. The van der Waals surface area contributed by atoms with Crippen LogP contribution in [0.15, 0.2) is 0 Å². The van der Waals surface area contributed by atoms with Crippen molar-refractivity contribution < 1.29 is 29.1 Å². The topological polar surface area (TPSA) is 142 Å². The van der Waals surface area contributed by atoms with Crippen molar-refractivity contribution in [2.45, 2.75) is 72.5 Å². The van der Waals surface area contributed by atoms with E-state index in [1.807, 2.05) is 0 Å². The maximum absolute atomic E-state index is 12.0. The summed E-state index contributed by atoms with van der Waals surface area (Å²) in [5, 5.41) is 22.4. The lowest BCUT2D eigenvalue weighted by molar-refractivity contribution is -0.387. The Kier molecular flexibility index (Phi) is 8.05. The minimum atomic E-state index is -0.944. The summed E-state index contributed by atoms with van der Waals surface area (Å²) in [5.41, 5.74) is -0.779. The van der Waals surface area contributed by atoms with E-state index in [0.717, 1.165) is 6.29 Å². The number of hydrogen-bond acceptors (Lipinski definition) is 9. The summed E-state index contributed by atoms with van der Waals surface area (Å²) < 4.78 is 11.2. The molecule has 0 amide bonds. The fourth-order valence-corrected chi connectivity index (χ4v) is 3.84. The summed E-state index contributed by atoms with van der Waals surface area (Å²) in [5.74, 6) is -0.625. The van der Waals surface area contributed by atoms with Crippen molar-refractivity contribution in [3.63, 3.8) is 0 Å². The number of aliphatic hydroxyl groups excluding tert-OH is 1. The SMILES string of the molecule is Cc1nc(C)c([N+](=O)[O-])c(O[C@H]2C(CCC=O)C[C@H](CCOC(=O)C(C)(C)C)[C@H]2O)n1. The predicted molar refractivity (Wildman–Crippen MR) is 111 cm³/mol. The van der Waals surface area contributed by atoms with Crippen LogP contribution in [0.3, 0.4) is 0 Å². The lowest BCUT2D eigenvalue weighted by Gasteiger charge is -2.24. The maximum atomic E-state index is 12.0. The van der Waals surface area contributed by atoms with Gasteiger partial charge in [0, 0.05) is 6.42 Å². The van der Waals surface area contributed by atoms with E-state index in [1.54, 1.807) is 27.7 Å². The van der Waals surface area contributed by atoms with Crippen molar-refractivity contribution in [2.24, 2.45) is 17.3 Å². The summed E-state index contributed by atoms with van der Waals surface area (Å²) in [4.78, 5) is 41.9. The molecule has 0 bridgehead atoms. The van der Waals surface area contributed by atoms with E-state index in [4.69, 9.17) is 9.47 Å². The lowest BCUT2D eigenvalue weighted by Crippen LogP contribution is -2.35. The molecule has 10 heteroatoms. The van der Waals surface area contributed by atoms with E-state index in [0.29, 0.717) is 25.1 Å². The molecule has 1 aliphatic rings. The van der Waals surface area contributed by atoms with Gasteiger partial charge in [-0.2, -0.15) is 4.98 Å². The van der Waals surface area contributed by atoms with Crippen LogP contribution >= 0.6 is 0 Å². The van der Waals surface area contributed by atoms with Crippen molar-refractivity contribution in [3.05, 3.63) is 21.6 Å². The summed E-state index contributed by atoms with van der Waals surface area (Å²) >= 11 is 0. The number of carbonyl (C=O) groups is 2. The molecule has 0 spiro atoms. The van der Waals surface area contributed by atoms with E-state index in [-0.39, 0.29) is 48.1 Å². The molecule has 1 unspecified atom stereocenters. The van der Waals surface area contributed by atoms with Crippen LogP contribution in [0.4, 0.5) is 5.69 Å². The van der Waals surface area contributed by atoms with E-state index < -0.39 is 22.5 Å². The molecule has 1 fully saturated rings. The van der Waals surface area contributed by atoms with Crippen LogP contribution < -0.4 is 4.74 Å². The molecule has 31 heavy (non-hydrogen) atoms. The maximum Gasteiger partial charge on any atom is 0.351 e. The molecule has 2 rings (SSSR count). The Morgan fingerprint density at radius 3 is 2.52 bits per heavy atom. The highest BCUT2D eigenvalue weighted by molar-refractivity contribution is 5.75. The number of aldehydes is 1. The van der Waals surface area contributed by atoms with Gasteiger partial charge in [0.15, 0.2) is 0 Å². The van der Waals surface area contributed by atoms with Gasteiger partial charge in [0.2, 0.25) is 0 Å². The summed E-state index contributed by atoms with van der Waals surface area (Å²) in [6.45, 7) is 8.54. The molecule has 0 aromatic carbocycles. The molecule has 10 nitrogen and oxygen atoms in total. The fraction of sp³-hybridized carbons (Fsp3) is 0.714. The van der Waals surface area contributed by atoms with Gasteiger partial charge in [0.1, 0.15) is 23.9 Å². The quantitative estimate of drug-likeness (QED) is 0.267. The first-order valence-corrected chi connectivity index (χ1v) is 10.4. The second-order valence-corrected chi connectivity index (χ2v) is 9.01. The normalized spacial score (nSPS) is 23.4. The number of ether oxygens (including phenoxy) is 2. The number of carbonyl (C=O) groups excluding carboxylic acids is 2. The minimum Gasteiger partial charge on any atom is -0.466 e. The number of nitrogens with zero attached hydrogens (tertiary/aromatic N) is 3. The van der Waals surface area contributed by atoms with Gasteiger partial charge >= 0.3 is 11.7 Å². The molecule has 1 heterocycles. The van der Waals surface area contributed by atoms with Gasteiger partial charge in [0.05, 0.1) is 23.0 Å². The highest BCUT2D eigenvalue weighted by Gasteiger charge is 2.45. The third kappa shape index (κ3) is 6.19. The Bertz CT molecular complexity index is 822. The Morgan fingerprint density at radius 1 is 1.26 bits per heavy atom. The minimum absolute atomic E-state index is 0.150. The largest absolute Gasteiger partial charge is 0.466 e. The molecule has 1 N–H and O–H groups in total. The average Bonchev–Trinajstić information content (AvgIpc) is 2.93. The highest BCUT2D eigenvalue weighted by Crippen LogP contribution is 2.40. The molecule has 4 atom stereocenters. The van der Waals surface area contributed by atoms with Gasteiger partial charge in [-0.3, -0.25) is 14.9 Å². The standard InChI is InChI=1S/C21H31N3O7/c1-12-16(24(28)29)19(23-13(2)22-12)31-18-15(7-6-9-25)11-14(17(18)26)8-10-30-20(27)21(3,4)5/h9,14-15,17-18,26H,6-8,10-11H2,1-5H3/t14-,15?,17+,18-/m0/s1. The summed E-state index contributed by atoms with van der Waals surface area (Å²) in [6.07, 6.45) is 0.806. The molecule has 1 saturated carbocycles. The molecular formula is C21H31N3O7. The zero-order valence-electron chi connectivity index (χ0n) is 18.7.